The maximum Gasteiger partial charge on any atom is 0.337 e. The number of carbonyl (C=O) groups is 6. The van der Waals surface area contributed by atoms with Crippen LogP contribution in [0.1, 0.15) is 33.6 Å². The summed E-state index contributed by atoms with van der Waals surface area (Å²) < 4.78 is 0.269. The first-order valence-electron chi connectivity index (χ1n) is 12.0. The van der Waals surface area contributed by atoms with Crippen LogP contribution in [0.15, 0.2) is 58.3 Å². The molecule has 2 aliphatic rings. The molecule has 0 atom stereocenters. The lowest BCUT2D eigenvalue weighted by molar-refractivity contribution is -0.125. The molecular formula is C26H20N4O8S4. The zero-order chi connectivity index (χ0) is 30.6. The van der Waals surface area contributed by atoms with Crippen molar-refractivity contribution < 1.29 is 39.0 Å². The topological polar surface area (TPSA) is 173 Å². The van der Waals surface area contributed by atoms with Crippen LogP contribution in [0.3, 0.4) is 0 Å². The quantitative estimate of drug-likeness (QED) is 0.220. The number of thioether (sulfide) groups is 2. The Balaban J connectivity index is 1.36. The maximum atomic E-state index is 13.1. The Morgan fingerprint density at radius 2 is 1.02 bits per heavy atom. The minimum Gasteiger partial charge on any atom is -0.478 e. The highest BCUT2D eigenvalue weighted by atomic mass is 32.2. The van der Waals surface area contributed by atoms with Gasteiger partial charge in [0, 0.05) is 25.9 Å². The number of hydrogen-bond donors (Lipinski definition) is 4. The van der Waals surface area contributed by atoms with Gasteiger partial charge in [0.25, 0.3) is 11.8 Å². The molecule has 0 unspecified atom stereocenters. The number of carboxylic acids is 2. The van der Waals surface area contributed by atoms with E-state index < -0.39 is 35.6 Å². The van der Waals surface area contributed by atoms with Crippen molar-refractivity contribution >= 4 is 104 Å². The summed E-state index contributed by atoms with van der Waals surface area (Å²) in [5.74, 6) is -4.63. The molecule has 2 fully saturated rings. The largest absolute Gasteiger partial charge is 0.478 e. The van der Waals surface area contributed by atoms with Crippen molar-refractivity contribution in [2.24, 2.45) is 0 Å². The first-order chi connectivity index (χ1) is 20.0. The third kappa shape index (κ3) is 6.84. The lowest BCUT2D eigenvalue weighted by Crippen LogP contribution is -2.33. The summed E-state index contributed by atoms with van der Waals surface area (Å²) in [5, 5.41) is 23.6. The van der Waals surface area contributed by atoms with E-state index in [2.05, 4.69) is 10.6 Å². The molecule has 42 heavy (non-hydrogen) atoms. The normalized spacial score (nSPS) is 16.7. The van der Waals surface area contributed by atoms with E-state index in [1.54, 1.807) is 12.1 Å². The number of carboxylic acid groups (broad SMARTS) is 2. The van der Waals surface area contributed by atoms with Crippen LogP contribution in [0.5, 0.6) is 0 Å². The Bertz CT molecular complexity index is 1480. The summed E-state index contributed by atoms with van der Waals surface area (Å²) in [6.07, 6.45) is -0.372. The molecule has 0 aromatic heterocycles. The molecule has 2 heterocycles. The van der Waals surface area contributed by atoms with Gasteiger partial charge in [0.1, 0.15) is 8.64 Å². The first kappa shape index (κ1) is 30.8. The van der Waals surface area contributed by atoms with Gasteiger partial charge < -0.3 is 20.8 Å². The minimum absolute atomic E-state index is 0.0521. The van der Waals surface area contributed by atoms with E-state index in [1.807, 2.05) is 0 Å². The number of hydrogen-bond acceptors (Lipinski definition) is 10. The standard InChI is InChI=1S/C26H20N4O8S4/c31-17(27-15-7-3-1-5-13(15)23(35)36)9-11-29-21(33)19(41-25(29)39)20-22(34)30(26(40)42-20)12-10-18(32)28-16-8-4-2-6-14(16)24(37)38/h1-8H,9-12H2,(H,27,31)(H,28,32)(H,35,36)(H,37,38)/b20-19-. The van der Waals surface area contributed by atoms with Crippen LogP contribution in [0, 0.1) is 0 Å². The molecular weight excluding hydrogens is 625 g/mol. The SMILES string of the molecule is O=C(CCN1C(=O)/C(=C2/SC(=S)N(CCC(=O)Nc3ccccc3C(=O)O)C2=O)SC1=S)Nc1ccccc1C(=O)O. The number of rotatable bonds is 10. The van der Waals surface area contributed by atoms with Crippen molar-refractivity contribution in [2.75, 3.05) is 23.7 Å². The van der Waals surface area contributed by atoms with Crippen molar-refractivity contribution in [3.05, 3.63) is 69.5 Å². The number of aromatic carboxylic acids is 2. The van der Waals surface area contributed by atoms with Gasteiger partial charge in [-0.25, -0.2) is 9.59 Å². The highest BCUT2D eigenvalue weighted by Gasteiger charge is 2.42. The Morgan fingerprint density at radius 3 is 1.38 bits per heavy atom. The van der Waals surface area contributed by atoms with Gasteiger partial charge in [-0.15, -0.1) is 0 Å². The fourth-order valence-corrected chi connectivity index (χ4v) is 6.64. The van der Waals surface area contributed by atoms with Crippen LogP contribution in [-0.4, -0.2) is 77.3 Å². The fraction of sp³-hybridized carbons (Fsp3) is 0.154. The molecule has 12 nitrogen and oxygen atoms in total. The van der Waals surface area contributed by atoms with E-state index in [0.29, 0.717) is 0 Å². The van der Waals surface area contributed by atoms with Crippen molar-refractivity contribution in [3.63, 3.8) is 0 Å². The van der Waals surface area contributed by atoms with Crippen LogP contribution >= 0.6 is 48.0 Å². The van der Waals surface area contributed by atoms with Gasteiger partial charge in [-0.1, -0.05) is 72.2 Å². The van der Waals surface area contributed by atoms with Gasteiger partial charge in [-0.3, -0.25) is 29.0 Å². The number of anilines is 2. The number of nitrogens with one attached hydrogen (secondary N) is 2. The molecule has 216 valence electrons. The molecule has 2 saturated heterocycles. The van der Waals surface area contributed by atoms with Crippen molar-refractivity contribution in [1.29, 1.82) is 0 Å². The molecule has 0 radical (unpaired) electrons. The lowest BCUT2D eigenvalue weighted by atomic mass is 10.1. The van der Waals surface area contributed by atoms with Gasteiger partial charge in [0.2, 0.25) is 11.8 Å². The molecule has 0 aliphatic carbocycles. The molecule has 0 bridgehead atoms. The van der Waals surface area contributed by atoms with Crippen molar-refractivity contribution in [1.82, 2.24) is 9.80 Å². The Morgan fingerprint density at radius 1 is 0.667 bits per heavy atom. The predicted molar refractivity (Wildman–Crippen MR) is 164 cm³/mol. The molecule has 4 N–H and O–H groups in total. The lowest BCUT2D eigenvalue weighted by Gasteiger charge is -2.15. The van der Waals surface area contributed by atoms with Crippen LogP contribution < -0.4 is 10.6 Å². The van der Waals surface area contributed by atoms with Crippen LogP contribution in [0.2, 0.25) is 0 Å². The number of benzene rings is 2. The van der Waals surface area contributed by atoms with Gasteiger partial charge in [0.05, 0.1) is 32.3 Å². The van der Waals surface area contributed by atoms with Crippen molar-refractivity contribution in [2.45, 2.75) is 12.8 Å². The summed E-state index contributed by atoms with van der Waals surface area (Å²) in [6.45, 7) is -0.207. The Kier molecular flexibility index (Phi) is 9.72. The van der Waals surface area contributed by atoms with E-state index in [1.165, 1.54) is 46.2 Å². The third-order valence-electron chi connectivity index (χ3n) is 5.89. The number of para-hydroxylation sites is 2. The van der Waals surface area contributed by atoms with Gasteiger partial charge in [-0.2, -0.15) is 0 Å². The summed E-state index contributed by atoms with van der Waals surface area (Å²) in [7, 11) is 0. The highest BCUT2D eigenvalue weighted by molar-refractivity contribution is 8.29. The van der Waals surface area contributed by atoms with Gasteiger partial charge >= 0.3 is 11.9 Å². The minimum atomic E-state index is -1.20. The smallest absolute Gasteiger partial charge is 0.337 e. The molecule has 16 heteroatoms. The van der Waals surface area contributed by atoms with Crippen LogP contribution in [-0.2, 0) is 19.2 Å². The van der Waals surface area contributed by atoms with E-state index in [4.69, 9.17) is 24.4 Å². The van der Waals surface area contributed by atoms with E-state index >= 15 is 0 Å². The number of amides is 4. The number of thiocarbonyl (C=S) groups is 2. The second-order valence-corrected chi connectivity index (χ2v) is 11.9. The summed E-state index contributed by atoms with van der Waals surface area (Å²) >= 11 is 12.4. The Labute approximate surface area is 257 Å². The molecule has 2 aromatic rings. The summed E-state index contributed by atoms with van der Waals surface area (Å²) in [5.41, 5.74) is 0.0646. The second-order valence-electron chi connectivity index (χ2n) is 8.61. The number of carbonyl (C=O) groups excluding carboxylic acids is 4. The monoisotopic (exact) mass is 644 g/mol. The van der Waals surface area contributed by atoms with Gasteiger partial charge in [0.15, 0.2) is 0 Å². The molecule has 0 saturated carbocycles. The van der Waals surface area contributed by atoms with E-state index in [9.17, 15) is 39.0 Å². The first-order valence-corrected chi connectivity index (χ1v) is 14.5. The Hall–Kier alpha value is -4.12. The molecule has 4 rings (SSSR count). The maximum absolute atomic E-state index is 13.1. The predicted octanol–water partition coefficient (Wildman–Crippen LogP) is 3.37. The average molecular weight is 645 g/mol. The average Bonchev–Trinajstić information content (AvgIpc) is 3.39. The summed E-state index contributed by atoms with van der Waals surface area (Å²) in [4.78, 5) is 76.4. The molecule has 0 spiro atoms. The van der Waals surface area contributed by atoms with Gasteiger partial charge in [-0.05, 0) is 24.3 Å². The molecule has 2 aromatic carbocycles. The highest BCUT2D eigenvalue weighted by Crippen LogP contribution is 2.42. The summed E-state index contributed by atoms with van der Waals surface area (Å²) in [6, 6.07) is 11.8. The fourth-order valence-electron chi connectivity index (χ4n) is 3.87. The molecule has 4 amide bonds. The third-order valence-corrected chi connectivity index (χ3v) is 8.92. The number of nitrogens with zero attached hydrogens (tertiary/aromatic N) is 2. The van der Waals surface area contributed by atoms with Crippen molar-refractivity contribution in [3.8, 4) is 0 Å². The molecule has 2 aliphatic heterocycles. The van der Waals surface area contributed by atoms with Crippen LogP contribution in [0.4, 0.5) is 11.4 Å². The van der Waals surface area contributed by atoms with E-state index in [-0.39, 0.29) is 66.9 Å². The zero-order valence-corrected chi connectivity index (χ0v) is 24.6. The zero-order valence-electron chi connectivity index (χ0n) is 21.3. The van der Waals surface area contributed by atoms with E-state index in [0.717, 1.165) is 23.5 Å². The van der Waals surface area contributed by atoms with Crippen LogP contribution in [0.25, 0.3) is 0 Å². The second kappa shape index (κ2) is 13.2.